The van der Waals surface area contributed by atoms with E-state index in [1.165, 1.54) is 17.0 Å². The summed E-state index contributed by atoms with van der Waals surface area (Å²) >= 11 is 5.84. The summed E-state index contributed by atoms with van der Waals surface area (Å²) in [5.41, 5.74) is 2.44. The molecule has 0 spiro atoms. The van der Waals surface area contributed by atoms with E-state index in [0.717, 1.165) is 17.5 Å². The van der Waals surface area contributed by atoms with Crippen molar-refractivity contribution in [2.75, 3.05) is 19.6 Å². The Hall–Kier alpha value is -3.81. The molecule has 0 aliphatic carbocycles. The third-order valence-electron chi connectivity index (χ3n) is 6.10. The van der Waals surface area contributed by atoms with Gasteiger partial charge in [0.1, 0.15) is 29.6 Å². The van der Waals surface area contributed by atoms with Crippen LogP contribution in [0.1, 0.15) is 33.3 Å². The third-order valence-corrected chi connectivity index (χ3v) is 6.40. The number of hydrogen-bond donors (Lipinski definition) is 1. The molecule has 2 aliphatic rings. The van der Waals surface area contributed by atoms with Crippen molar-refractivity contribution in [2.45, 2.75) is 38.9 Å². The molecule has 1 N–H and O–H groups in total. The van der Waals surface area contributed by atoms with Crippen LogP contribution in [-0.4, -0.2) is 72.8 Å². The van der Waals surface area contributed by atoms with Crippen molar-refractivity contribution < 1.29 is 32.2 Å². The summed E-state index contributed by atoms with van der Waals surface area (Å²) in [7, 11) is 0. The number of alkyl halides is 3. The van der Waals surface area contributed by atoms with E-state index in [9.17, 15) is 22.8 Å². The van der Waals surface area contributed by atoms with Crippen molar-refractivity contribution >= 4 is 23.6 Å². The van der Waals surface area contributed by atoms with Gasteiger partial charge in [0, 0.05) is 45.2 Å². The number of benzene rings is 1. The van der Waals surface area contributed by atoms with E-state index in [1.807, 2.05) is 4.57 Å². The first-order valence-electron chi connectivity index (χ1n) is 11.4. The average molecular weight is 540 g/mol. The molecule has 5 rings (SSSR count). The zero-order valence-corrected chi connectivity index (χ0v) is 20.1. The molecule has 0 saturated carbocycles. The summed E-state index contributed by atoms with van der Waals surface area (Å²) in [5.74, 6) is -0.0344. The zero-order valence-electron chi connectivity index (χ0n) is 19.3. The maximum absolute atomic E-state index is 13.0. The first-order valence-corrected chi connectivity index (χ1v) is 11.7. The summed E-state index contributed by atoms with van der Waals surface area (Å²) in [6.45, 7) is 1.83. The van der Waals surface area contributed by atoms with Gasteiger partial charge in [-0.25, -0.2) is 9.78 Å². The fourth-order valence-electron chi connectivity index (χ4n) is 4.23. The monoisotopic (exact) mass is 539 g/mol. The SMILES string of the molecule is O=C(OCc1ccc(OC(F)(F)F)c(Cl)c1)N1CCc2nc(C(=O)N3CCc4[nH]nnc4C3)cn2CC1. The van der Waals surface area contributed by atoms with Gasteiger partial charge in [0.05, 0.1) is 17.3 Å². The van der Waals surface area contributed by atoms with Crippen LogP contribution in [0.5, 0.6) is 5.75 Å². The number of halogens is 4. The van der Waals surface area contributed by atoms with Crippen molar-refractivity contribution in [3.05, 3.63) is 57.9 Å². The molecule has 1 aromatic carbocycles. The molecule has 196 valence electrons. The fraction of sp³-hybridized carbons (Fsp3) is 0.409. The van der Waals surface area contributed by atoms with E-state index in [2.05, 4.69) is 25.1 Å². The van der Waals surface area contributed by atoms with Crippen molar-refractivity contribution in [1.29, 1.82) is 0 Å². The molecular formula is C22H21ClF3N7O4. The van der Waals surface area contributed by atoms with E-state index >= 15 is 0 Å². The average Bonchev–Trinajstić information content (AvgIpc) is 3.44. The standard InChI is InChI=1S/C22H21ClF3N7O4/c23-14-9-13(1-2-18(14)37-22(24,25)26)12-36-21(35)31-6-4-19-27-17(11-32(19)8-7-31)20(34)33-5-3-15-16(10-33)29-30-28-15/h1-2,9,11H,3-8,10,12H2,(H,28,29,30). The van der Waals surface area contributed by atoms with Crippen LogP contribution in [-0.2, 0) is 37.3 Å². The molecule has 2 aromatic heterocycles. The second-order valence-corrected chi connectivity index (χ2v) is 8.96. The third kappa shape index (κ3) is 5.63. The van der Waals surface area contributed by atoms with Gasteiger partial charge < -0.3 is 23.8 Å². The number of rotatable bonds is 4. The van der Waals surface area contributed by atoms with Crippen LogP contribution in [0.2, 0.25) is 5.02 Å². The molecule has 0 atom stereocenters. The quantitative estimate of drug-likeness (QED) is 0.541. The molecule has 0 fully saturated rings. The van der Waals surface area contributed by atoms with Gasteiger partial charge in [0.2, 0.25) is 0 Å². The minimum atomic E-state index is -4.86. The van der Waals surface area contributed by atoms with E-state index in [1.54, 1.807) is 11.1 Å². The molecule has 0 saturated heterocycles. The number of hydrogen-bond acceptors (Lipinski definition) is 7. The lowest BCUT2D eigenvalue weighted by Crippen LogP contribution is -2.36. The Balaban J connectivity index is 1.14. The van der Waals surface area contributed by atoms with Crippen LogP contribution in [0.15, 0.2) is 24.4 Å². The van der Waals surface area contributed by atoms with Gasteiger partial charge in [-0.1, -0.05) is 22.9 Å². The maximum Gasteiger partial charge on any atom is 0.573 e. The van der Waals surface area contributed by atoms with Gasteiger partial charge in [0.15, 0.2) is 0 Å². The van der Waals surface area contributed by atoms with Gasteiger partial charge in [-0.15, -0.1) is 18.3 Å². The second-order valence-electron chi connectivity index (χ2n) is 8.55. The van der Waals surface area contributed by atoms with Gasteiger partial charge >= 0.3 is 12.5 Å². The van der Waals surface area contributed by atoms with Crippen molar-refractivity contribution in [2.24, 2.45) is 0 Å². The highest BCUT2D eigenvalue weighted by Gasteiger charge is 2.32. The lowest BCUT2D eigenvalue weighted by atomic mass is 10.1. The molecule has 11 nitrogen and oxygen atoms in total. The number of H-pyrrole nitrogens is 1. The van der Waals surface area contributed by atoms with Crippen molar-refractivity contribution in [1.82, 2.24) is 34.8 Å². The first-order chi connectivity index (χ1) is 17.7. The van der Waals surface area contributed by atoms with Crippen LogP contribution in [0.25, 0.3) is 0 Å². The predicted octanol–water partition coefficient (Wildman–Crippen LogP) is 2.95. The predicted molar refractivity (Wildman–Crippen MR) is 121 cm³/mol. The molecule has 2 aliphatic heterocycles. The van der Waals surface area contributed by atoms with Crippen LogP contribution in [0.3, 0.4) is 0 Å². The molecule has 2 amide bonds. The number of imidazole rings is 1. The van der Waals surface area contributed by atoms with Gasteiger partial charge in [-0.3, -0.25) is 9.89 Å². The van der Waals surface area contributed by atoms with Crippen molar-refractivity contribution in [3.8, 4) is 5.75 Å². The lowest BCUT2D eigenvalue weighted by molar-refractivity contribution is -0.274. The minimum Gasteiger partial charge on any atom is -0.445 e. The molecule has 15 heteroatoms. The molecule has 4 heterocycles. The number of fused-ring (bicyclic) bond motifs is 2. The molecular weight excluding hydrogens is 519 g/mol. The van der Waals surface area contributed by atoms with Gasteiger partial charge in [-0.2, -0.15) is 0 Å². The summed E-state index contributed by atoms with van der Waals surface area (Å²) < 4.78 is 48.2. The molecule has 3 aromatic rings. The van der Waals surface area contributed by atoms with Crippen LogP contribution >= 0.6 is 11.6 Å². The highest BCUT2D eigenvalue weighted by molar-refractivity contribution is 6.32. The fourth-order valence-corrected chi connectivity index (χ4v) is 4.47. The van der Waals surface area contributed by atoms with E-state index < -0.39 is 18.2 Å². The largest absolute Gasteiger partial charge is 0.573 e. The summed E-state index contributed by atoms with van der Waals surface area (Å²) in [6, 6.07) is 3.65. The molecule has 37 heavy (non-hydrogen) atoms. The number of aromatic amines is 1. The lowest BCUT2D eigenvalue weighted by Gasteiger charge is -2.24. The normalized spacial score (nSPS) is 15.6. The summed E-state index contributed by atoms with van der Waals surface area (Å²) in [6.07, 6.45) is -2.67. The van der Waals surface area contributed by atoms with Crippen LogP contribution in [0, 0.1) is 0 Å². The second kappa shape index (κ2) is 9.92. The smallest absolute Gasteiger partial charge is 0.445 e. The Labute approximate surface area is 213 Å². The number of amides is 2. The van der Waals surface area contributed by atoms with Crippen LogP contribution < -0.4 is 4.74 Å². The Morgan fingerprint density at radius 1 is 1.11 bits per heavy atom. The zero-order chi connectivity index (χ0) is 26.2. The number of aromatic nitrogens is 5. The number of nitrogens with one attached hydrogen (secondary N) is 1. The number of nitrogens with zero attached hydrogens (tertiary/aromatic N) is 6. The Kier molecular flexibility index (Phi) is 6.67. The maximum atomic E-state index is 13.0. The van der Waals surface area contributed by atoms with Crippen molar-refractivity contribution in [3.63, 3.8) is 0 Å². The molecule has 0 radical (unpaired) electrons. The summed E-state index contributed by atoms with van der Waals surface area (Å²) in [4.78, 5) is 33.3. The van der Waals surface area contributed by atoms with E-state index in [-0.39, 0.29) is 17.5 Å². The molecule has 0 bridgehead atoms. The Morgan fingerprint density at radius 2 is 1.92 bits per heavy atom. The highest BCUT2D eigenvalue weighted by Crippen LogP contribution is 2.31. The van der Waals surface area contributed by atoms with Gasteiger partial charge in [-0.05, 0) is 17.7 Å². The van der Waals surface area contributed by atoms with E-state index in [0.29, 0.717) is 62.6 Å². The number of carbonyl (C=O) groups excluding carboxylic acids is 2. The van der Waals surface area contributed by atoms with Gasteiger partial charge in [0.25, 0.3) is 5.91 Å². The molecule has 0 unspecified atom stereocenters. The topological polar surface area (TPSA) is 118 Å². The van der Waals surface area contributed by atoms with E-state index in [4.69, 9.17) is 16.3 Å². The van der Waals surface area contributed by atoms with Crippen LogP contribution in [0.4, 0.5) is 18.0 Å². The Morgan fingerprint density at radius 3 is 2.70 bits per heavy atom. The Bertz CT molecular complexity index is 1300. The number of ether oxygens (including phenoxy) is 2. The number of carbonyl (C=O) groups is 2. The first kappa shape index (κ1) is 24.9. The summed E-state index contributed by atoms with van der Waals surface area (Å²) in [5, 5.41) is 10.4. The highest BCUT2D eigenvalue weighted by atomic mass is 35.5. The minimum absolute atomic E-state index is 0.173.